The number of halogens is 3. The van der Waals surface area contributed by atoms with Gasteiger partial charge in [0.1, 0.15) is 11.0 Å². The van der Waals surface area contributed by atoms with Crippen molar-refractivity contribution in [3.8, 4) is 0 Å². The first-order chi connectivity index (χ1) is 7.15. The molecular formula is C11H8BrClFN. The molecule has 1 nitrogen and oxygen atoms in total. The minimum Gasteiger partial charge on any atom is -0.269 e. The van der Waals surface area contributed by atoms with E-state index in [-0.39, 0.29) is 5.82 Å². The van der Waals surface area contributed by atoms with E-state index in [9.17, 15) is 4.39 Å². The topological polar surface area (TPSA) is 12.4 Å². The fourth-order valence-electron chi connectivity index (χ4n) is 2.26. The molecule has 0 unspecified atom stereocenters. The van der Waals surface area contributed by atoms with Crippen LogP contribution in [0.4, 0.5) is 4.39 Å². The first-order valence-corrected chi connectivity index (χ1v) is 6.05. The zero-order valence-electron chi connectivity index (χ0n) is 7.80. The Morgan fingerprint density at radius 1 is 1.40 bits per heavy atom. The highest BCUT2D eigenvalue weighted by atomic mass is 79.9. The van der Waals surface area contributed by atoms with E-state index >= 15 is 0 Å². The summed E-state index contributed by atoms with van der Waals surface area (Å²) in [6, 6.07) is 3.66. The molecule has 2 bridgehead atoms. The van der Waals surface area contributed by atoms with Crippen molar-refractivity contribution in [3.05, 3.63) is 33.5 Å². The van der Waals surface area contributed by atoms with Gasteiger partial charge in [-0.25, -0.2) is 4.39 Å². The number of rotatable bonds is 0. The van der Waals surface area contributed by atoms with Crippen LogP contribution in [0.5, 0.6) is 0 Å². The van der Waals surface area contributed by atoms with Gasteiger partial charge in [0.25, 0.3) is 0 Å². The van der Waals surface area contributed by atoms with E-state index in [1.54, 1.807) is 12.1 Å². The smallest absolute Gasteiger partial charge is 0.137 e. The van der Waals surface area contributed by atoms with Crippen molar-refractivity contribution in [2.24, 2.45) is 4.99 Å². The number of aliphatic imine (C=N–C) groups is 1. The lowest BCUT2D eigenvalue weighted by Gasteiger charge is -2.31. The standard InChI is InChI=1S/C11H8BrClFN/c12-9-3-8-7(4-10(9)14)5-1-6(2-5)15-11(8)13/h3-6H,1-2H2. The molecule has 78 valence electrons. The molecule has 0 N–H and O–H groups in total. The maximum absolute atomic E-state index is 13.4. The molecule has 0 aromatic heterocycles. The second kappa shape index (κ2) is 3.29. The van der Waals surface area contributed by atoms with Crippen LogP contribution in [0.3, 0.4) is 0 Å². The third-order valence-electron chi connectivity index (χ3n) is 3.16. The summed E-state index contributed by atoms with van der Waals surface area (Å²) in [4.78, 5) is 4.39. The molecule has 1 aromatic carbocycles. The molecule has 0 spiro atoms. The maximum atomic E-state index is 13.4. The fourth-order valence-corrected chi connectivity index (χ4v) is 2.90. The van der Waals surface area contributed by atoms with Gasteiger partial charge in [-0.2, -0.15) is 0 Å². The Morgan fingerprint density at radius 3 is 2.87 bits per heavy atom. The van der Waals surface area contributed by atoms with Crippen molar-refractivity contribution in [2.45, 2.75) is 24.8 Å². The largest absolute Gasteiger partial charge is 0.269 e. The Kier molecular flexibility index (Phi) is 2.15. The van der Waals surface area contributed by atoms with E-state index in [1.807, 2.05) is 0 Å². The molecule has 1 aliphatic carbocycles. The zero-order chi connectivity index (χ0) is 10.6. The molecular weight excluding hydrogens is 280 g/mol. The van der Waals surface area contributed by atoms with E-state index in [2.05, 4.69) is 20.9 Å². The third-order valence-corrected chi connectivity index (χ3v) is 4.07. The van der Waals surface area contributed by atoms with Gasteiger partial charge < -0.3 is 0 Å². The second-order valence-corrected chi connectivity index (χ2v) is 5.31. The molecule has 2 aliphatic heterocycles. The Hall–Kier alpha value is -0.410. The highest BCUT2D eigenvalue weighted by Crippen LogP contribution is 2.44. The molecule has 1 saturated carbocycles. The highest BCUT2D eigenvalue weighted by Gasteiger charge is 2.35. The molecule has 3 aliphatic rings. The predicted molar refractivity (Wildman–Crippen MR) is 62.3 cm³/mol. The van der Waals surface area contributed by atoms with Gasteiger partial charge in [0.05, 0.1) is 10.5 Å². The Balaban J connectivity index is 2.23. The van der Waals surface area contributed by atoms with Gasteiger partial charge in [-0.1, -0.05) is 11.6 Å². The summed E-state index contributed by atoms with van der Waals surface area (Å²) in [5.74, 6) is 0.219. The van der Waals surface area contributed by atoms with Gasteiger partial charge in [0.15, 0.2) is 0 Å². The molecule has 0 radical (unpaired) electrons. The van der Waals surface area contributed by atoms with Gasteiger partial charge in [-0.15, -0.1) is 0 Å². The van der Waals surface area contributed by atoms with Crippen LogP contribution in [0.15, 0.2) is 21.6 Å². The van der Waals surface area contributed by atoms with Crippen LogP contribution in [0, 0.1) is 5.82 Å². The van der Waals surface area contributed by atoms with Crippen molar-refractivity contribution < 1.29 is 4.39 Å². The lowest BCUT2D eigenvalue weighted by molar-refractivity contribution is 0.357. The molecule has 2 heterocycles. The van der Waals surface area contributed by atoms with E-state index in [1.165, 1.54) is 0 Å². The Labute approximate surface area is 100 Å². The van der Waals surface area contributed by atoms with Crippen molar-refractivity contribution in [1.82, 2.24) is 0 Å². The van der Waals surface area contributed by atoms with Gasteiger partial charge >= 0.3 is 0 Å². The van der Waals surface area contributed by atoms with Crippen molar-refractivity contribution in [2.75, 3.05) is 0 Å². The van der Waals surface area contributed by atoms with E-state index in [0.717, 1.165) is 24.0 Å². The summed E-state index contributed by atoms with van der Waals surface area (Å²) in [5, 5.41) is 0.524. The SMILES string of the molecule is Fc1cc2c(cc1Br)C(Cl)=NC1CC2C1. The monoisotopic (exact) mass is 287 g/mol. The lowest BCUT2D eigenvalue weighted by Crippen LogP contribution is -2.23. The lowest BCUT2D eigenvalue weighted by atomic mass is 9.76. The fraction of sp³-hybridized carbons (Fsp3) is 0.364. The average molecular weight is 289 g/mol. The van der Waals surface area contributed by atoms with Gasteiger partial charge in [0, 0.05) is 5.56 Å². The Bertz CT molecular complexity index is 466. The van der Waals surface area contributed by atoms with Gasteiger partial charge in [-0.3, -0.25) is 4.99 Å². The van der Waals surface area contributed by atoms with Crippen molar-refractivity contribution in [3.63, 3.8) is 0 Å². The normalized spacial score (nSPS) is 27.5. The van der Waals surface area contributed by atoms with E-state index < -0.39 is 0 Å². The van der Waals surface area contributed by atoms with Crippen LogP contribution >= 0.6 is 27.5 Å². The summed E-state index contributed by atoms with van der Waals surface area (Å²) in [6.45, 7) is 0. The van der Waals surface area contributed by atoms with Crippen LogP contribution < -0.4 is 0 Å². The molecule has 0 saturated heterocycles. The molecule has 4 rings (SSSR count). The zero-order valence-corrected chi connectivity index (χ0v) is 10.1. The molecule has 4 heteroatoms. The van der Waals surface area contributed by atoms with Crippen molar-refractivity contribution >= 4 is 32.7 Å². The predicted octanol–water partition coefficient (Wildman–Crippen LogP) is 3.83. The molecule has 15 heavy (non-hydrogen) atoms. The summed E-state index contributed by atoms with van der Waals surface area (Å²) < 4.78 is 13.9. The van der Waals surface area contributed by atoms with E-state index in [0.29, 0.717) is 21.6 Å². The summed E-state index contributed by atoms with van der Waals surface area (Å²) >= 11 is 9.28. The number of benzene rings is 1. The van der Waals surface area contributed by atoms with E-state index in [4.69, 9.17) is 11.6 Å². The van der Waals surface area contributed by atoms with Crippen LogP contribution in [-0.2, 0) is 0 Å². The van der Waals surface area contributed by atoms with Crippen LogP contribution in [-0.4, -0.2) is 11.2 Å². The summed E-state index contributed by atoms with van der Waals surface area (Å²) in [6.07, 6.45) is 2.01. The van der Waals surface area contributed by atoms with Crippen LogP contribution in [0.1, 0.15) is 29.9 Å². The number of hydrogen-bond donors (Lipinski definition) is 0. The third kappa shape index (κ3) is 1.44. The second-order valence-electron chi connectivity index (χ2n) is 4.10. The maximum Gasteiger partial charge on any atom is 0.137 e. The molecule has 1 fully saturated rings. The van der Waals surface area contributed by atoms with Crippen molar-refractivity contribution in [1.29, 1.82) is 0 Å². The van der Waals surface area contributed by atoms with Gasteiger partial charge in [0.2, 0.25) is 0 Å². The number of hydrogen-bond acceptors (Lipinski definition) is 1. The number of nitrogens with zero attached hydrogens (tertiary/aromatic N) is 1. The first-order valence-electron chi connectivity index (χ1n) is 4.88. The molecule has 0 atom stereocenters. The minimum absolute atomic E-state index is 0.219. The van der Waals surface area contributed by atoms with Crippen LogP contribution in [0.2, 0.25) is 0 Å². The quantitative estimate of drug-likeness (QED) is 0.688. The highest BCUT2D eigenvalue weighted by molar-refractivity contribution is 9.10. The van der Waals surface area contributed by atoms with Crippen LogP contribution in [0.25, 0.3) is 0 Å². The Morgan fingerprint density at radius 2 is 2.13 bits per heavy atom. The first kappa shape index (κ1) is 9.79. The molecule has 0 amide bonds. The average Bonchev–Trinajstić information content (AvgIpc) is 2.32. The summed E-state index contributed by atoms with van der Waals surface area (Å²) in [7, 11) is 0. The summed E-state index contributed by atoms with van der Waals surface area (Å²) in [5.41, 5.74) is 1.90. The van der Waals surface area contributed by atoms with Gasteiger partial charge in [-0.05, 0) is 52.4 Å². The minimum atomic E-state index is -0.219. The molecule has 1 aromatic rings.